The van der Waals surface area contributed by atoms with E-state index in [9.17, 15) is 4.79 Å². The zero-order valence-electron chi connectivity index (χ0n) is 14.1. The summed E-state index contributed by atoms with van der Waals surface area (Å²) < 4.78 is 4.85. The van der Waals surface area contributed by atoms with Crippen LogP contribution in [0.4, 0.5) is 5.00 Å². The number of ether oxygens (including phenoxy) is 1. The van der Waals surface area contributed by atoms with E-state index in [-0.39, 0.29) is 12.0 Å². The Bertz CT molecular complexity index is 698. The number of esters is 1. The van der Waals surface area contributed by atoms with Crippen LogP contribution in [-0.4, -0.2) is 18.2 Å². The van der Waals surface area contributed by atoms with Crippen LogP contribution in [-0.2, 0) is 11.2 Å². The third kappa shape index (κ3) is 4.55. The van der Waals surface area contributed by atoms with Crippen molar-refractivity contribution in [1.82, 2.24) is 5.32 Å². The van der Waals surface area contributed by atoms with Gasteiger partial charge in [-0.05, 0) is 36.7 Å². The number of nitrogens with one attached hydrogen (secondary N) is 2. The fraction of sp³-hybridized carbons (Fsp3) is 0.333. The van der Waals surface area contributed by atoms with Gasteiger partial charge in [-0.15, -0.1) is 11.3 Å². The highest BCUT2D eigenvalue weighted by atomic mass is 32.1. The summed E-state index contributed by atoms with van der Waals surface area (Å²) in [6.07, 6.45) is 1.76. The van der Waals surface area contributed by atoms with Crippen molar-refractivity contribution < 1.29 is 9.53 Å². The normalized spacial score (nSPS) is 11.6. The molecule has 6 heteroatoms. The number of aryl methyl sites for hydroxylation is 1. The topological polar surface area (TPSA) is 50.4 Å². The highest BCUT2D eigenvalue weighted by molar-refractivity contribution is 7.80. The van der Waals surface area contributed by atoms with Gasteiger partial charge in [-0.3, -0.25) is 0 Å². The van der Waals surface area contributed by atoms with Crippen LogP contribution in [0.1, 0.15) is 47.1 Å². The molecule has 0 aliphatic carbocycles. The molecule has 0 radical (unpaired) electrons. The molecule has 0 amide bonds. The molecular formula is C18H22N2O2S2. The van der Waals surface area contributed by atoms with Crippen LogP contribution in [0.3, 0.4) is 0 Å². The highest BCUT2D eigenvalue weighted by Gasteiger charge is 2.18. The lowest BCUT2D eigenvalue weighted by Gasteiger charge is -2.19. The van der Waals surface area contributed by atoms with Gasteiger partial charge < -0.3 is 15.4 Å². The van der Waals surface area contributed by atoms with Crippen LogP contribution in [0.25, 0.3) is 0 Å². The molecule has 1 heterocycles. The van der Waals surface area contributed by atoms with E-state index in [0.717, 1.165) is 22.7 Å². The first-order valence-corrected chi connectivity index (χ1v) is 9.15. The van der Waals surface area contributed by atoms with E-state index >= 15 is 0 Å². The summed E-state index contributed by atoms with van der Waals surface area (Å²) in [5.74, 6) is -0.355. The molecule has 2 rings (SSSR count). The van der Waals surface area contributed by atoms with E-state index in [1.54, 1.807) is 0 Å². The predicted molar refractivity (Wildman–Crippen MR) is 104 cm³/mol. The Morgan fingerprint density at radius 1 is 1.29 bits per heavy atom. The van der Waals surface area contributed by atoms with Gasteiger partial charge in [-0.2, -0.15) is 0 Å². The average Bonchev–Trinajstić information content (AvgIpc) is 3.02. The number of thiophene rings is 1. The van der Waals surface area contributed by atoms with Gasteiger partial charge >= 0.3 is 5.97 Å². The largest absolute Gasteiger partial charge is 0.465 e. The second-order valence-corrected chi connectivity index (χ2v) is 6.82. The quantitative estimate of drug-likeness (QED) is 0.584. The first kappa shape index (κ1) is 18.4. The van der Waals surface area contributed by atoms with Gasteiger partial charge in [0.2, 0.25) is 0 Å². The van der Waals surface area contributed by atoms with E-state index in [0.29, 0.717) is 10.7 Å². The molecule has 0 aliphatic rings. The number of benzene rings is 1. The Labute approximate surface area is 152 Å². The Hall–Kier alpha value is -1.92. The maximum atomic E-state index is 11.9. The maximum Gasteiger partial charge on any atom is 0.340 e. The molecule has 0 spiro atoms. The van der Waals surface area contributed by atoms with Crippen LogP contribution in [0.15, 0.2) is 36.4 Å². The Kier molecular flexibility index (Phi) is 6.75. The van der Waals surface area contributed by atoms with Gasteiger partial charge in [0.1, 0.15) is 5.00 Å². The Morgan fingerprint density at radius 3 is 2.58 bits per heavy atom. The Balaban J connectivity index is 2.11. The second-order valence-electron chi connectivity index (χ2n) is 5.27. The van der Waals surface area contributed by atoms with E-state index in [1.807, 2.05) is 24.3 Å². The van der Waals surface area contributed by atoms with Crippen LogP contribution in [0.2, 0.25) is 0 Å². The molecule has 0 bridgehead atoms. The molecule has 24 heavy (non-hydrogen) atoms. The summed E-state index contributed by atoms with van der Waals surface area (Å²) in [5.41, 5.74) is 1.70. The van der Waals surface area contributed by atoms with E-state index < -0.39 is 0 Å². The van der Waals surface area contributed by atoms with Gasteiger partial charge in [-0.1, -0.05) is 44.2 Å². The molecule has 2 N–H and O–H groups in total. The van der Waals surface area contributed by atoms with Crippen molar-refractivity contribution in [2.45, 2.75) is 32.7 Å². The number of thiocarbonyl (C=S) groups is 1. The molecule has 0 unspecified atom stereocenters. The van der Waals surface area contributed by atoms with Crippen molar-refractivity contribution in [3.63, 3.8) is 0 Å². The van der Waals surface area contributed by atoms with Crippen molar-refractivity contribution >= 4 is 39.6 Å². The third-order valence-corrected chi connectivity index (χ3v) is 5.09. The molecule has 0 fully saturated rings. The minimum atomic E-state index is -0.355. The number of carbonyl (C=O) groups excluding carboxylic acids is 1. The molecule has 128 valence electrons. The molecule has 0 aliphatic heterocycles. The summed E-state index contributed by atoms with van der Waals surface area (Å²) in [6, 6.07) is 12.1. The fourth-order valence-electron chi connectivity index (χ4n) is 2.37. The lowest BCUT2D eigenvalue weighted by Crippen LogP contribution is -2.32. The van der Waals surface area contributed by atoms with E-state index in [1.165, 1.54) is 24.0 Å². The first-order valence-electron chi connectivity index (χ1n) is 7.92. The van der Waals surface area contributed by atoms with Crippen LogP contribution in [0.5, 0.6) is 0 Å². The first-order chi connectivity index (χ1) is 11.6. The lowest BCUT2D eigenvalue weighted by atomic mass is 10.1. The summed E-state index contributed by atoms with van der Waals surface area (Å²) >= 11 is 6.96. The number of rotatable bonds is 6. The van der Waals surface area contributed by atoms with Crippen molar-refractivity contribution in [2.75, 3.05) is 12.4 Å². The standard InChI is InChI=1S/C18H22N2O2S2/c1-4-13-11-14(17(21)22-3)16(24-13)20-18(23)19-15(5-2)12-9-7-6-8-10-12/h6-11,15H,4-5H2,1-3H3,(H2,19,20,23)/t15-/m1/s1. The molecule has 2 aromatic rings. The van der Waals surface area contributed by atoms with Gasteiger partial charge in [0.15, 0.2) is 5.11 Å². The van der Waals surface area contributed by atoms with Gasteiger partial charge in [0.05, 0.1) is 18.7 Å². The van der Waals surface area contributed by atoms with E-state index in [2.05, 4.69) is 36.6 Å². The zero-order valence-corrected chi connectivity index (χ0v) is 15.7. The van der Waals surface area contributed by atoms with Crippen LogP contribution < -0.4 is 10.6 Å². The number of methoxy groups -OCH3 is 1. The number of hydrogen-bond donors (Lipinski definition) is 2. The van der Waals surface area contributed by atoms with Gasteiger partial charge in [-0.25, -0.2) is 4.79 Å². The molecule has 1 aromatic carbocycles. The van der Waals surface area contributed by atoms with Gasteiger partial charge in [0, 0.05) is 4.88 Å². The van der Waals surface area contributed by atoms with Gasteiger partial charge in [0.25, 0.3) is 0 Å². The average molecular weight is 363 g/mol. The smallest absolute Gasteiger partial charge is 0.340 e. The molecule has 1 aromatic heterocycles. The van der Waals surface area contributed by atoms with Crippen LogP contribution >= 0.6 is 23.6 Å². The Morgan fingerprint density at radius 2 is 2.00 bits per heavy atom. The fourth-order valence-corrected chi connectivity index (χ4v) is 3.67. The minimum Gasteiger partial charge on any atom is -0.465 e. The van der Waals surface area contributed by atoms with E-state index in [4.69, 9.17) is 17.0 Å². The van der Waals surface area contributed by atoms with Crippen molar-refractivity contribution in [1.29, 1.82) is 0 Å². The summed E-state index contributed by atoms with van der Waals surface area (Å²) in [7, 11) is 1.38. The number of carbonyl (C=O) groups is 1. The SMILES string of the molecule is CCc1cc(C(=O)OC)c(NC(=S)N[C@H](CC)c2ccccc2)s1. The zero-order chi connectivity index (χ0) is 17.5. The molecule has 1 atom stereocenters. The molecule has 0 saturated heterocycles. The van der Waals surface area contributed by atoms with Crippen molar-refractivity contribution in [2.24, 2.45) is 0 Å². The maximum absolute atomic E-state index is 11.9. The van der Waals surface area contributed by atoms with Crippen LogP contribution in [0, 0.1) is 0 Å². The number of hydrogen-bond acceptors (Lipinski definition) is 4. The summed E-state index contributed by atoms with van der Waals surface area (Å²) in [6.45, 7) is 4.16. The summed E-state index contributed by atoms with van der Waals surface area (Å²) in [5, 5.41) is 7.69. The summed E-state index contributed by atoms with van der Waals surface area (Å²) in [4.78, 5) is 13.0. The lowest BCUT2D eigenvalue weighted by molar-refractivity contribution is 0.0602. The van der Waals surface area contributed by atoms with Crippen molar-refractivity contribution in [3.8, 4) is 0 Å². The molecule has 0 saturated carbocycles. The highest BCUT2D eigenvalue weighted by Crippen LogP contribution is 2.29. The van der Waals surface area contributed by atoms with Crippen molar-refractivity contribution in [3.05, 3.63) is 52.4 Å². The monoisotopic (exact) mass is 362 g/mol. The molecule has 4 nitrogen and oxygen atoms in total. The molecular weight excluding hydrogens is 340 g/mol. The predicted octanol–water partition coefficient (Wildman–Crippen LogP) is 4.53. The third-order valence-electron chi connectivity index (χ3n) is 3.68. The second kappa shape index (κ2) is 8.80. The number of anilines is 1. The minimum absolute atomic E-state index is 0.124.